The van der Waals surface area contributed by atoms with Crippen LogP contribution in [0.3, 0.4) is 0 Å². The van der Waals surface area contributed by atoms with Crippen LogP contribution in [0.4, 0.5) is 5.82 Å². The predicted molar refractivity (Wildman–Crippen MR) is 92.4 cm³/mol. The third-order valence-corrected chi connectivity index (χ3v) is 3.83. The van der Waals surface area contributed by atoms with Gasteiger partial charge in [0.2, 0.25) is 5.91 Å². The van der Waals surface area contributed by atoms with E-state index in [9.17, 15) is 4.79 Å². The Morgan fingerprint density at radius 1 is 1.09 bits per heavy atom. The molecule has 0 aliphatic rings. The maximum Gasteiger partial charge on any atom is 0.230 e. The third kappa shape index (κ3) is 3.92. The van der Waals surface area contributed by atoms with E-state index in [-0.39, 0.29) is 12.3 Å². The lowest BCUT2D eigenvalue weighted by molar-refractivity contribution is -0.115. The second-order valence-corrected chi connectivity index (χ2v) is 5.79. The maximum atomic E-state index is 12.1. The Labute approximate surface area is 143 Å². The minimum absolute atomic E-state index is 0.161. The van der Waals surface area contributed by atoms with E-state index >= 15 is 0 Å². The van der Waals surface area contributed by atoms with Crippen LogP contribution in [-0.4, -0.2) is 15.7 Å². The molecule has 3 rings (SSSR count). The van der Waals surface area contributed by atoms with E-state index in [1.54, 1.807) is 35.1 Å². The van der Waals surface area contributed by atoms with Gasteiger partial charge in [0.15, 0.2) is 5.82 Å². The molecule has 23 heavy (non-hydrogen) atoms. The van der Waals surface area contributed by atoms with Crippen LogP contribution < -0.4 is 5.32 Å². The average molecular weight is 346 g/mol. The van der Waals surface area contributed by atoms with Crippen LogP contribution in [0, 0.1) is 0 Å². The maximum absolute atomic E-state index is 12.1. The molecule has 2 aromatic carbocycles. The molecule has 0 bridgehead atoms. The Balaban J connectivity index is 1.68. The SMILES string of the molecule is O=C(Cc1ccc(Cl)cc1Cl)Nc1ccn(-c2ccccc2)n1. The molecule has 0 aliphatic heterocycles. The molecule has 0 saturated carbocycles. The van der Waals surface area contributed by atoms with Crippen molar-refractivity contribution < 1.29 is 4.79 Å². The number of nitrogens with one attached hydrogen (secondary N) is 1. The monoisotopic (exact) mass is 345 g/mol. The molecule has 1 aromatic heterocycles. The van der Waals surface area contributed by atoms with Crippen LogP contribution in [0.15, 0.2) is 60.8 Å². The van der Waals surface area contributed by atoms with Crippen LogP contribution in [0.5, 0.6) is 0 Å². The van der Waals surface area contributed by atoms with Gasteiger partial charge in [0.25, 0.3) is 0 Å². The van der Waals surface area contributed by atoms with E-state index < -0.39 is 0 Å². The molecule has 1 N–H and O–H groups in total. The summed E-state index contributed by atoms with van der Waals surface area (Å²) in [6, 6.07) is 16.5. The zero-order chi connectivity index (χ0) is 16.2. The Hall–Kier alpha value is -2.30. The van der Waals surface area contributed by atoms with Gasteiger partial charge in [-0.3, -0.25) is 4.79 Å². The molecule has 1 heterocycles. The number of rotatable bonds is 4. The van der Waals surface area contributed by atoms with Crippen molar-refractivity contribution in [2.75, 3.05) is 5.32 Å². The number of carbonyl (C=O) groups excluding carboxylic acids is 1. The summed E-state index contributed by atoms with van der Waals surface area (Å²) in [5.41, 5.74) is 1.64. The van der Waals surface area contributed by atoms with Crippen molar-refractivity contribution in [1.82, 2.24) is 9.78 Å². The van der Waals surface area contributed by atoms with Gasteiger partial charge in [0.05, 0.1) is 12.1 Å². The summed E-state index contributed by atoms with van der Waals surface area (Å²) < 4.78 is 1.70. The molecule has 0 saturated heterocycles. The van der Waals surface area contributed by atoms with Gasteiger partial charge < -0.3 is 5.32 Å². The van der Waals surface area contributed by atoms with Crippen molar-refractivity contribution in [2.24, 2.45) is 0 Å². The summed E-state index contributed by atoms with van der Waals surface area (Å²) in [5.74, 6) is 0.302. The first-order valence-corrected chi connectivity index (χ1v) is 7.72. The zero-order valence-electron chi connectivity index (χ0n) is 12.0. The lowest BCUT2D eigenvalue weighted by Gasteiger charge is -2.05. The second kappa shape index (κ2) is 6.86. The van der Waals surface area contributed by atoms with Crippen molar-refractivity contribution in [3.63, 3.8) is 0 Å². The summed E-state index contributed by atoms with van der Waals surface area (Å²) in [6.07, 6.45) is 1.95. The Morgan fingerprint density at radius 2 is 1.87 bits per heavy atom. The molecule has 1 amide bonds. The van der Waals surface area contributed by atoms with Gasteiger partial charge in [-0.2, -0.15) is 5.10 Å². The summed E-state index contributed by atoms with van der Waals surface area (Å²) in [4.78, 5) is 12.1. The molecule has 0 unspecified atom stereocenters. The molecule has 0 radical (unpaired) electrons. The molecule has 3 aromatic rings. The zero-order valence-corrected chi connectivity index (χ0v) is 13.6. The minimum atomic E-state index is -0.187. The smallest absolute Gasteiger partial charge is 0.230 e. The number of nitrogens with zero attached hydrogens (tertiary/aromatic N) is 2. The molecule has 0 spiro atoms. The van der Waals surface area contributed by atoms with E-state index in [1.807, 2.05) is 30.3 Å². The van der Waals surface area contributed by atoms with Crippen molar-refractivity contribution in [2.45, 2.75) is 6.42 Å². The van der Waals surface area contributed by atoms with Crippen LogP contribution in [-0.2, 0) is 11.2 Å². The quantitative estimate of drug-likeness (QED) is 0.763. The fraction of sp³-hybridized carbons (Fsp3) is 0.0588. The highest BCUT2D eigenvalue weighted by Gasteiger charge is 2.10. The van der Waals surface area contributed by atoms with Crippen LogP contribution in [0.2, 0.25) is 10.0 Å². The van der Waals surface area contributed by atoms with Crippen LogP contribution in [0.25, 0.3) is 5.69 Å². The van der Waals surface area contributed by atoms with Crippen molar-refractivity contribution in [3.05, 3.63) is 76.4 Å². The predicted octanol–water partition coefficient (Wildman–Crippen LogP) is 4.36. The van der Waals surface area contributed by atoms with E-state index in [4.69, 9.17) is 23.2 Å². The Morgan fingerprint density at radius 3 is 2.61 bits per heavy atom. The van der Waals surface area contributed by atoms with Gasteiger partial charge in [-0.1, -0.05) is 47.5 Å². The third-order valence-electron chi connectivity index (χ3n) is 3.24. The minimum Gasteiger partial charge on any atom is -0.309 e. The van der Waals surface area contributed by atoms with E-state index in [2.05, 4.69) is 10.4 Å². The number of amides is 1. The lowest BCUT2D eigenvalue weighted by Crippen LogP contribution is -2.15. The molecule has 0 fully saturated rings. The first-order chi connectivity index (χ1) is 11.1. The van der Waals surface area contributed by atoms with E-state index in [0.29, 0.717) is 15.9 Å². The average Bonchev–Trinajstić information content (AvgIpc) is 2.99. The number of benzene rings is 2. The second-order valence-electron chi connectivity index (χ2n) is 4.94. The topological polar surface area (TPSA) is 46.9 Å². The van der Waals surface area contributed by atoms with Gasteiger partial charge in [-0.15, -0.1) is 0 Å². The standard InChI is InChI=1S/C17H13Cl2N3O/c18-13-7-6-12(15(19)11-13)10-17(23)20-16-8-9-22(21-16)14-4-2-1-3-5-14/h1-9,11H,10H2,(H,20,21,23). The Kier molecular flexibility index (Phi) is 4.65. The fourth-order valence-electron chi connectivity index (χ4n) is 2.14. The number of hydrogen-bond acceptors (Lipinski definition) is 2. The van der Waals surface area contributed by atoms with Crippen molar-refractivity contribution in [1.29, 1.82) is 0 Å². The number of aromatic nitrogens is 2. The number of carbonyl (C=O) groups is 1. The fourth-order valence-corrected chi connectivity index (χ4v) is 2.62. The van der Waals surface area contributed by atoms with Crippen LogP contribution >= 0.6 is 23.2 Å². The number of anilines is 1. The number of hydrogen-bond donors (Lipinski definition) is 1. The summed E-state index contributed by atoms with van der Waals surface area (Å²) >= 11 is 11.9. The molecule has 0 aliphatic carbocycles. The summed E-state index contributed by atoms with van der Waals surface area (Å²) in [7, 11) is 0. The Bertz CT molecular complexity index is 831. The van der Waals surface area contributed by atoms with E-state index in [0.717, 1.165) is 11.3 Å². The highest BCUT2D eigenvalue weighted by atomic mass is 35.5. The highest BCUT2D eigenvalue weighted by Crippen LogP contribution is 2.21. The van der Waals surface area contributed by atoms with Gasteiger partial charge in [-0.25, -0.2) is 4.68 Å². The van der Waals surface area contributed by atoms with Gasteiger partial charge in [0, 0.05) is 22.3 Å². The molecule has 4 nitrogen and oxygen atoms in total. The number of halogens is 2. The molecular weight excluding hydrogens is 333 g/mol. The lowest BCUT2D eigenvalue weighted by atomic mass is 10.1. The van der Waals surface area contributed by atoms with Gasteiger partial charge >= 0.3 is 0 Å². The van der Waals surface area contributed by atoms with Crippen molar-refractivity contribution >= 4 is 34.9 Å². The van der Waals surface area contributed by atoms with Crippen molar-refractivity contribution in [3.8, 4) is 5.69 Å². The van der Waals surface area contributed by atoms with Crippen LogP contribution in [0.1, 0.15) is 5.56 Å². The normalized spacial score (nSPS) is 10.5. The molecule has 6 heteroatoms. The van der Waals surface area contributed by atoms with E-state index in [1.165, 1.54) is 0 Å². The van der Waals surface area contributed by atoms with Gasteiger partial charge in [-0.05, 0) is 29.8 Å². The highest BCUT2D eigenvalue weighted by molar-refractivity contribution is 6.35. The summed E-state index contributed by atoms with van der Waals surface area (Å²) in [5, 5.41) is 8.11. The molecular formula is C17H13Cl2N3O. The molecule has 0 atom stereocenters. The first-order valence-electron chi connectivity index (χ1n) is 6.97. The molecule has 116 valence electrons. The first kappa shape index (κ1) is 15.6. The van der Waals surface area contributed by atoms with Gasteiger partial charge in [0.1, 0.15) is 0 Å². The number of para-hydroxylation sites is 1. The summed E-state index contributed by atoms with van der Waals surface area (Å²) in [6.45, 7) is 0. The largest absolute Gasteiger partial charge is 0.309 e.